The monoisotopic (exact) mass is 373 g/mol. The van der Waals surface area contributed by atoms with E-state index in [0.717, 1.165) is 10.5 Å². The quantitative estimate of drug-likeness (QED) is 0.335. The van der Waals surface area contributed by atoms with Gasteiger partial charge in [0.1, 0.15) is 23.6 Å². The average molecular weight is 374 g/mol. The molecule has 0 spiro atoms. The lowest BCUT2D eigenvalue weighted by Gasteiger charge is -2.06. The number of benzene rings is 2. The van der Waals surface area contributed by atoms with Gasteiger partial charge in [-0.15, -0.1) is 11.8 Å². The van der Waals surface area contributed by atoms with E-state index in [1.54, 1.807) is 18.7 Å². The second-order valence-corrected chi connectivity index (χ2v) is 6.87. The van der Waals surface area contributed by atoms with Crippen molar-refractivity contribution in [2.75, 3.05) is 12.4 Å². The molecule has 3 aromatic rings. The predicted molar refractivity (Wildman–Crippen MR) is 99.1 cm³/mol. The van der Waals surface area contributed by atoms with Gasteiger partial charge in [0.05, 0.1) is 0 Å². The summed E-state index contributed by atoms with van der Waals surface area (Å²) in [6, 6.07) is 17.0. The summed E-state index contributed by atoms with van der Waals surface area (Å²) in [4.78, 5) is 13.5. The van der Waals surface area contributed by atoms with Gasteiger partial charge in [0.2, 0.25) is 0 Å². The molecule has 128 valence electrons. The lowest BCUT2D eigenvalue weighted by molar-refractivity contribution is 0.0529. The zero-order valence-electron chi connectivity index (χ0n) is 13.6. The normalized spacial score (nSPS) is 10.6. The number of rotatable bonds is 6. The first-order valence-electron chi connectivity index (χ1n) is 7.72. The third-order valence-corrected chi connectivity index (χ3v) is 4.74. The summed E-state index contributed by atoms with van der Waals surface area (Å²) in [5, 5.41) is 4.70. The Hall–Kier alpha value is -2.24. The van der Waals surface area contributed by atoms with Gasteiger partial charge in [-0.25, -0.2) is 4.79 Å². The SMILES string of the molecule is Cc1onc(-c2ccccc2)c1C(=O)OCCSc1ccc(Cl)cc1. The molecule has 0 N–H and O–H groups in total. The van der Waals surface area contributed by atoms with Crippen molar-refractivity contribution < 1.29 is 14.1 Å². The maximum absolute atomic E-state index is 12.4. The smallest absolute Gasteiger partial charge is 0.344 e. The molecule has 2 aromatic carbocycles. The number of hydrogen-bond acceptors (Lipinski definition) is 5. The van der Waals surface area contributed by atoms with Crippen LogP contribution in [-0.2, 0) is 4.74 Å². The van der Waals surface area contributed by atoms with Crippen LogP contribution in [-0.4, -0.2) is 23.5 Å². The number of carbonyl (C=O) groups is 1. The maximum atomic E-state index is 12.4. The largest absolute Gasteiger partial charge is 0.461 e. The van der Waals surface area contributed by atoms with Crippen molar-refractivity contribution in [3.8, 4) is 11.3 Å². The first-order valence-corrected chi connectivity index (χ1v) is 9.08. The molecule has 1 aromatic heterocycles. The molecule has 0 fully saturated rings. The topological polar surface area (TPSA) is 52.3 Å². The summed E-state index contributed by atoms with van der Waals surface area (Å²) in [7, 11) is 0. The molecule has 0 unspecified atom stereocenters. The number of aryl methyl sites for hydroxylation is 1. The van der Waals surface area contributed by atoms with Crippen molar-refractivity contribution in [3.63, 3.8) is 0 Å². The molecule has 0 saturated carbocycles. The Morgan fingerprint density at radius 1 is 1.16 bits per heavy atom. The number of aromatic nitrogens is 1. The highest BCUT2D eigenvalue weighted by atomic mass is 35.5. The highest BCUT2D eigenvalue weighted by Gasteiger charge is 2.22. The van der Waals surface area contributed by atoms with Crippen molar-refractivity contribution in [2.45, 2.75) is 11.8 Å². The Balaban J connectivity index is 1.60. The number of thioether (sulfide) groups is 1. The first-order chi connectivity index (χ1) is 12.1. The molecule has 3 rings (SSSR count). The van der Waals surface area contributed by atoms with Crippen LogP contribution in [0.4, 0.5) is 0 Å². The molecule has 0 aliphatic carbocycles. The molecule has 0 atom stereocenters. The highest BCUT2D eigenvalue weighted by Crippen LogP contribution is 2.26. The van der Waals surface area contributed by atoms with Crippen LogP contribution in [0.1, 0.15) is 16.1 Å². The average Bonchev–Trinajstić information content (AvgIpc) is 3.02. The minimum Gasteiger partial charge on any atom is -0.461 e. The van der Waals surface area contributed by atoms with E-state index in [1.807, 2.05) is 54.6 Å². The zero-order valence-corrected chi connectivity index (χ0v) is 15.1. The molecule has 6 heteroatoms. The van der Waals surface area contributed by atoms with Gasteiger partial charge in [-0.2, -0.15) is 0 Å². The third-order valence-electron chi connectivity index (χ3n) is 3.51. The molecule has 4 nitrogen and oxygen atoms in total. The van der Waals surface area contributed by atoms with Gasteiger partial charge in [0, 0.05) is 21.2 Å². The molecule has 0 aliphatic heterocycles. The zero-order chi connectivity index (χ0) is 17.6. The van der Waals surface area contributed by atoms with Crippen LogP contribution in [0.25, 0.3) is 11.3 Å². The van der Waals surface area contributed by atoms with Crippen LogP contribution in [0.2, 0.25) is 5.02 Å². The summed E-state index contributed by atoms with van der Waals surface area (Å²) >= 11 is 7.46. The number of halogens is 1. The highest BCUT2D eigenvalue weighted by molar-refractivity contribution is 7.99. The van der Waals surface area contributed by atoms with E-state index in [1.165, 1.54) is 0 Å². The van der Waals surface area contributed by atoms with Crippen LogP contribution in [0.15, 0.2) is 64.0 Å². The molecule has 25 heavy (non-hydrogen) atoms. The van der Waals surface area contributed by atoms with Crippen molar-refractivity contribution in [1.82, 2.24) is 5.16 Å². The Kier molecular flexibility index (Phi) is 5.79. The van der Waals surface area contributed by atoms with Crippen molar-refractivity contribution in [3.05, 3.63) is 70.9 Å². The van der Waals surface area contributed by atoms with Crippen molar-refractivity contribution in [2.24, 2.45) is 0 Å². The van der Waals surface area contributed by atoms with Gasteiger partial charge in [-0.05, 0) is 31.2 Å². The van der Waals surface area contributed by atoms with Gasteiger partial charge in [-0.1, -0.05) is 47.1 Å². The molecule has 0 saturated heterocycles. The van der Waals surface area contributed by atoms with E-state index in [9.17, 15) is 4.79 Å². The Morgan fingerprint density at radius 3 is 2.60 bits per heavy atom. The standard InChI is InChI=1S/C19H16ClNO3S/c1-13-17(18(21-24-13)14-5-3-2-4-6-14)19(22)23-11-12-25-16-9-7-15(20)8-10-16/h2-10H,11-12H2,1H3. The number of ether oxygens (including phenoxy) is 1. The second-order valence-electron chi connectivity index (χ2n) is 5.27. The van der Waals surface area contributed by atoms with E-state index in [2.05, 4.69) is 5.16 Å². The lowest BCUT2D eigenvalue weighted by Crippen LogP contribution is -2.09. The number of hydrogen-bond donors (Lipinski definition) is 0. The van der Waals surface area contributed by atoms with E-state index >= 15 is 0 Å². The van der Waals surface area contributed by atoms with Gasteiger partial charge in [0.15, 0.2) is 0 Å². The molecule has 1 heterocycles. The van der Waals surface area contributed by atoms with Gasteiger partial charge in [-0.3, -0.25) is 0 Å². The van der Waals surface area contributed by atoms with Crippen molar-refractivity contribution in [1.29, 1.82) is 0 Å². The van der Waals surface area contributed by atoms with Gasteiger partial charge >= 0.3 is 5.97 Å². The predicted octanol–water partition coefficient (Wildman–Crippen LogP) is 5.25. The summed E-state index contributed by atoms with van der Waals surface area (Å²) in [6.07, 6.45) is 0. The van der Waals surface area contributed by atoms with Crippen LogP contribution < -0.4 is 0 Å². The molecule has 0 radical (unpaired) electrons. The van der Waals surface area contributed by atoms with Gasteiger partial charge < -0.3 is 9.26 Å². The number of esters is 1. The molecule has 0 bridgehead atoms. The Labute approximate surface area is 155 Å². The van der Waals surface area contributed by atoms with Gasteiger partial charge in [0.25, 0.3) is 0 Å². The fourth-order valence-electron chi connectivity index (χ4n) is 2.30. The number of nitrogens with zero attached hydrogens (tertiary/aromatic N) is 1. The third kappa shape index (κ3) is 4.44. The minimum absolute atomic E-state index is 0.297. The van der Waals surface area contributed by atoms with E-state index in [0.29, 0.717) is 34.4 Å². The van der Waals surface area contributed by atoms with Crippen LogP contribution in [0, 0.1) is 6.92 Å². The van der Waals surface area contributed by atoms with Crippen LogP contribution >= 0.6 is 23.4 Å². The molecular formula is C19H16ClNO3S. The Bertz CT molecular complexity index is 847. The fraction of sp³-hybridized carbons (Fsp3) is 0.158. The summed E-state index contributed by atoms with van der Waals surface area (Å²) < 4.78 is 10.6. The molecule has 0 aliphatic rings. The molecule has 0 amide bonds. The summed E-state index contributed by atoms with van der Waals surface area (Å²) in [5.41, 5.74) is 1.71. The number of carbonyl (C=O) groups excluding carboxylic acids is 1. The molecular weight excluding hydrogens is 358 g/mol. The van der Waals surface area contributed by atoms with E-state index < -0.39 is 5.97 Å². The van der Waals surface area contributed by atoms with Crippen LogP contribution in [0.5, 0.6) is 0 Å². The second kappa shape index (κ2) is 8.23. The first kappa shape index (κ1) is 17.6. The summed E-state index contributed by atoms with van der Waals surface area (Å²) in [6.45, 7) is 2.00. The minimum atomic E-state index is -0.422. The Morgan fingerprint density at radius 2 is 1.88 bits per heavy atom. The fourth-order valence-corrected chi connectivity index (χ4v) is 3.16. The van der Waals surface area contributed by atoms with E-state index in [4.69, 9.17) is 20.9 Å². The van der Waals surface area contributed by atoms with Crippen molar-refractivity contribution >= 4 is 29.3 Å². The summed E-state index contributed by atoms with van der Waals surface area (Å²) in [5.74, 6) is 0.682. The lowest BCUT2D eigenvalue weighted by atomic mass is 10.1. The van der Waals surface area contributed by atoms with Crippen LogP contribution in [0.3, 0.4) is 0 Å². The van der Waals surface area contributed by atoms with E-state index in [-0.39, 0.29) is 0 Å². The maximum Gasteiger partial charge on any atom is 0.344 e.